The van der Waals surface area contributed by atoms with E-state index in [0.717, 1.165) is 0 Å². The van der Waals surface area contributed by atoms with Crippen LogP contribution in [-0.4, -0.2) is 30.0 Å². The molecule has 0 bridgehead atoms. The molecule has 0 aromatic heterocycles. The Labute approximate surface area is 134 Å². The normalized spacial score (nSPS) is 13.2. The summed E-state index contributed by atoms with van der Waals surface area (Å²) in [5, 5.41) is 12.1. The maximum absolute atomic E-state index is 12.2. The molecule has 0 spiro atoms. The van der Waals surface area contributed by atoms with E-state index in [1.807, 2.05) is 22.6 Å². The van der Waals surface area contributed by atoms with E-state index in [0.29, 0.717) is 13.7 Å². The summed E-state index contributed by atoms with van der Waals surface area (Å²) in [5.41, 5.74) is 0.415. The first-order chi connectivity index (χ1) is 8.73. The first-order valence-corrected chi connectivity index (χ1v) is 7.36. The number of hydrogen-bond acceptors (Lipinski definition) is 3. The van der Waals surface area contributed by atoms with Crippen molar-refractivity contribution in [2.24, 2.45) is 0 Å². The van der Waals surface area contributed by atoms with Gasteiger partial charge in [-0.05, 0) is 44.6 Å². The van der Waals surface area contributed by atoms with Gasteiger partial charge in [0.1, 0.15) is 5.75 Å². The second-order valence-corrected chi connectivity index (χ2v) is 5.75. The van der Waals surface area contributed by atoms with Crippen molar-refractivity contribution in [3.8, 4) is 5.75 Å². The smallest absolute Gasteiger partial charge is 0.406 e. The second kappa shape index (κ2) is 7.19. The van der Waals surface area contributed by atoms with Crippen LogP contribution < -0.4 is 10.1 Å². The van der Waals surface area contributed by atoms with Crippen LogP contribution in [0.15, 0.2) is 16.6 Å². The Morgan fingerprint density at radius 1 is 1.47 bits per heavy atom. The number of hydrogen-bond donors (Lipinski definition) is 2. The number of aliphatic hydroxyl groups excluding tert-OH is 1. The molecule has 9 heteroatoms. The summed E-state index contributed by atoms with van der Waals surface area (Å²) in [4.78, 5) is 0. The minimum Gasteiger partial charge on any atom is -0.406 e. The fraction of sp³-hybridized carbons (Fsp3) is 0.400. The fourth-order valence-corrected chi connectivity index (χ4v) is 2.22. The highest BCUT2D eigenvalue weighted by Crippen LogP contribution is 2.34. The maximum Gasteiger partial charge on any atom is 0.573 e. The van der Waals surface area contributed by atoms with E-state index in [-0.39, 0.29) is 18.2 Å². The molecule has 0 heterocycles. The van der Waals surface area contributed by atoms with Gasteiger partial charge in [-0.2, -0.15) is 0 Å². The van der Waals surface area contributed by atoms with E-state index in [1.165, 1.54) is 12.1 Å². The van der Waals surface area contributed by atoms with Crippen LogP contribution in [0.25, 0.3) is 0 Å². The molecular weight excluding hydrogens is 465 g/mol. The van der Waals surface area contributed by atoms with Crippen molar-refractivity contribution in [1.29, 1.82) is 0 Å². The number of rotatable bonds is 5. The van der Waals surface area contributed by atoms with E-state index in [1.54, 1.807) is 0 Å². The highest BCUT2D eigenvalue weighted by atomic mass is 127. The first kappa shape index (κ1) is 17.1. The zero-order valence-electron chi connectivity index (χ0n) is 9.27. The summed E-state index contributed by atoms with van der Waals surface area (Å²) in [6.45, 7) is 0.126. The molecule has 1 aromatic carbocycles. The number of aliphatic hydroxyl groups is 1. The van der Waals surface area contributed by atoms with Gasteiger partial charge in [-0.15, -0.1) is 24.8 Å². The molecule has 19 heavy (non-hydrogen) atoms. The van der Waals surface area contributed by atoms with Crippen LogP contribution in [0.4, 0.5) is 18.9 Å². The quantitative estimate of drug-likeness (QED) is 0.502. The third kappa shape index (κ3) is 5.92. The average Bonchev–Trinajstić information content (AvgIpc) is 2.29. The van der Waals surface area contributed by atoms with Crippen LogP contribution in [0.1, 0.15) is 0 Å². The largest absolute Gasteiger partial charge is 0.573 e. The number of ether oxygens (including phenoxy) is 1. The number of nitrogens with one attached hydrogen (secondary N) is 1. The molecule has 0 saturated carbocycles. The van der Waals surface area contributed by atoms with Gasteiger partial charge in [-0.25, -0.2) is 0 Å². The summed E-state index contributed by atoms with van der Waals surface area (Å²) in [5.74, 6) is -0.314. The predicted octanol–water partition coefficient (Wildman–Crippen LogP) is 3.96. The van der Waals surface area contributed by atoms with E-state index in [9.17, 15) is 18.3 Å². The molecule has 0 aliphatic heterocycles. The molecule has 0 aliphatic carbocycles. The van der Waals surface area contributed by atoms with Crippen LogP contribution in [0, 0.1) is 3.57 Å². The molecule has 0 aliphatic rings. The molecule has 2 N–H and O–H groups in total. The first-order valence-electron chi connectivity index (χ1n) is 4.95. The van der Waals surface area contributed by atoms with Gasteiger partial charge in [-0.1, -0.05) is 0 Å². The van der Waals surface area contributed by atoms with Gasteiger partial charge in [0.25, 0.3) is 0 Å². The van der Waals surface area contributed by atoms with Crippen molar-refractivity contribution >= 4 is 55.8 Å². The highest BCUT2D eigenvalue weighted by Gasteiger charge is 2.31. The molecule has 1 aromatic rings. The van der Waals surface area contributed by atoms with Crippen LogP contribution in [-0.2, 0) is 0 Å². The Morgan fingerprint density at radius 3 is 2.63 bits per heavy atom. The zero-order valence-corrected chi connectivity index (χ0v) is 13.8. The Morgan fingerprint density at radius 2 is 2.11 bits per heavy atom. The second-order valence-electron chi connectivity index (χ2n) is 3.50. The van der Waals surface area contributed by atoms with Gasteiger partial charge >= 0.3 is 6.36 Å². The monoisotopic (exact) mass is 473 g/mol. The Bertz CT molecular complexity index is 448. The van der Waals surface area contributed by atoms with E-state index < -0.39 is 12.5 Å². The predicted molar refractivity (Wildman–Crippen MR) is 78.8 cm³/mol. The van der Waals surface area contributed by atoms with Crippen molar-refractivity contribution in [3.05, 3.63) is 20.2 Å². The SMILES string of the molecule is OC(CCl)CNc1cc(OC(F)(F)F)cc(Br)c1I. The van der Waals surface area contributed by atoms with Crippen LogP contribution in [0.3, 0.4) is 0 Å². The van der Waals surface area contributed by atoms with E-state index in [2.05, 4.69) is 26.0 Å². The zero-order chi connectivity index (χ0) is 14.6. The summed E-state index contributed by atoms with van der Waals surface area (Å²) in [7, 11) is 0. The van der Waals surface area contributed by atoms with Gasteiger partial charge in [0.15, 0.2) is 0 Å². The highest BCUT2D eigenvalue weighted by molar-refractivity contribution is 14.1. The number of benzene rings is 1. The van der Waals surface area contributed by atoms with Crippen molar-refractivity contribution in [2.45, 2.75) is 12.5 Å². The molecule has 1 unspecified atom stereocenters. The van der Waals surface area contributed by atoms with Crippen molar-refractivity contribution in [3.63, 3.8) is 0 Å². The number of anilines is 1. The lowest BCUT2D eigenvalue weighted by Crippen LogP contribution is -2.21. The minimum atomic E-state index is -4.75. The van der Waals surface area contributed by atoms with Gasteiger partial charge in [0, 0.05) is 17.1 Å². The number of alkyl halides is 4. The Hall–Kier alpha value is 0.0700. The third-order valence-corrected chi connectivity index (χ3v) is 4.83. The summed E-state index contributed by atoms with van der Waals surface area (Å²) >= 11 is 10.5. The van der Waals surface area contributed by atoms with Crippen molar-refractivity contribution in [2.75, 3.05) is 17.7 Å². The summed E-state index contributed by atoms with van der Waals surface area (Å²) < 4.78 is 41.5. The molecule has 1 atom stereocenters. The van der Waals surface area contributed by atoms with Gasteiger partial charge in [-0.3, -0.25) is 0 Å². The van der Waals surface area contributed by atoms with E-state index in [4.69, 9.17) is 11.6 Å². The van der Waals surface area contributed by atoms with Crippen molar-refractivity contribution in [1.82, 2.24) is 0 Å². The lowest BCUT2D eigenvalue weighted by Gasteiger charge is -2.15. The van der Waals surface area contributed by atoms with E-state index >= 15 is 0 Å². The average molecular weight is 474 g/mol. The van der Waals surface area contributed by atoms with Crippen LogP contribution in [0.2, 0.25) is 0 Å². The molecule has 1 rings (SSSR count). The van der Waals surface area contributed by atoms with Crippen LogP contribution in [0.5, 0.6) is 5.75 Å². The van der Waals surface area contributed by atoms with Gasteiger partial charge in [0.2, 0.25) is 0 Å². The third-order valence-electron chi connectivity index (χ3n) is 1.94. The molecule has 3 nitrogen and oxygen atoms in total. The maximum atomic E-state index is 12.2. The molecular formula is C10H9BrClF3INO2. The topological polar surface area (TPSA) is 41.5 Å². The molecule has 0 amide bonds. The lowest BCUT2D eigenvalue weighted by atomic mass is 10.3. The van der Waals surface area contributed by atoms with Crippen molar-refractivity contribution < 1.29 is 23.0 Å². The minimum absolute atomic E-state index is 0.0312. The number of halogens is 6. The van der Waals surface area contributed by atoms with Gasteiger partial charge < -0.3 is 15.2 Å². The fourth-order valence-electron chi connectivity index (χ4n) is 1.17. The molecule has 108 valence electrons. The molecule has 0 radical (unpaired) electrons. The van der Waals surface area contributed by atoms with Crippen LogP contribution >= 0.6 is 50.1 Å². The summed E-state index contributed by atoms with van der Waals surface area (Å²) in [6.07, 6.45) is -5.54. The summed E-state index contributed by atoms with van der Waals surface area (Å²) in [6, 6.07) is 2.43. The molecule has 0 fully saturated rings. The standard InChI is InChI=1S/C10H9BrClF3INO2/c11-7-1-6(19-10(13,14)15)2-8(9(7)16)17-4-5(18)3-12/h1-2,5,17-18H,3-4H2. The lowest BCUT2D eigenvalue weighted by molar-refractivity contribution is -0.274. The Balaban J connectivity index is 2.90. The van der Waals surface area contributed by atoms with Gasteiger partial charge in [0.05, 0.1) is 21.2 Å². The molecule has 0 saturated heterocycles. The Kier molecular flexibility index (Phi) is 6.48.